The molecule has 26 heavy (non-hydrogen) atoms. The molecule has 0 aromatic heterocycles. The summed E-state index contributed by atoms with van der Waals surface area (Å²) in [5, 5.41) is 2.60. The lowest BCUT2D eigenvalue weighted by Gasteiger charge is -2.15. The van der Waals surface area contributed by atoms with Crippen LogP contribution in [0, 0.1) is 5.92 Å². The number of esters is 1. The van der Waals surface area contributed by atoms with E-state index >= 15 is 0 Å². The molecule has 0 spiro atoms. The van der Waals surface area contributed by atoms with Crippen LogP contribution in [0.5, 0.6) is 5.75 Å². The van der Waals surface area contributed by atoms with Gasteiger partial charge in [-0.3, -0.25) is 14.4 Å². The zero-order chi connectivity index (χ0) is 18.9. The summed E-state index contributed by atoms with van der Waals surface area (Å²) in [6.07, 6.45) is 0. The number of Topliss-reactive ketones (excluding diaryl/α,β-unsaturated/α-hetero) is 1. The summed E-state index contributed by atoms with van der Waals surface area (Å²) in [4.78, 5) is 36.1. The predicted octanol–water partition coefficient (Wildman–Crippen LogP) is 2.37. The summed E-state index contributed by atoms with van der Waals surface area (Å²) < 4.78 is 10.4. The van der Waals surface area contributed by atoms with Crippen molar-refractivity contribution in [3.05, 3.63) is 65.7 Å². The van der Waals surface area contributed by atoms with Gasteiger partial charge in [0.25, 0.3) is 5.91 Å². The van der Waals surface area contributed by atoms with Crippen molar-refractivity contribution in [2.75, 3.05) is 13.7 Å². The lowest BCUT2D eigenvalue weighted by molar-refractivity contribution is -0.152. The van der Waals surface area contributed by atoms with Crippen LogP contribution in [-0.4, -0.2) is 31.3 Å². The van der Waals surface area contributed by atoms with E-state index in [4.69, 9.17) is 9.47 Å². The summed E-state index contributed by atoms with van der Waals surface area (Å²) in [6.45, 7) is 1.16. The minimum absolute atomic E-state index is 0.0146. The van der Waals surface area contributed by atoms with Crippen LogP contribution in [0.25, 0.3) is 0 Å². The summed E-state index contributed by atoms with van der Waals surface area (Å²) in [5.41, 5.74) is 1.15. The zero-order valence-electron chi connectivity index (χ0n) is 14.7. The lowest BCUT2D eigenvalue weighted by atomic mass is 10.1. The molecule has 1 N–H and O–H groups in total. The SMILES string of the molecule is COc1ccccc1COC(=O)C(CNC(=O)c1ccccc1)C(C)=O. The molecule has 0 bridgehead atoms. The molecular formula is C20H21NO5. The van der Waals surface area contributed by atoms with Crippen LogP contribution < -0.4 is 10.1 Å². The molecule has 0 aliphatic carbocycles. The molecule has 2 rings (SSSR count). The van der Waals surface area contributed by atoms with Crippen LogP contribution in [0.4, 0.5) is 0 Å². The fourth-order valence-electron chi connectivity index (χ4n) is 2.35. The zero-order valence-corrected chi connectivity index (χ0v) is 14.7. The van der Waals surface area contributed by atoms with E-state index in [0.29, 0.717) is 16.9 Å². The van der Waals surface area contributed by atoms with Gasteiger partial charge in [-0.15, -0.1) is 0 Å². The quantitative estimate of drug-likeness (QED) is 0.581. The molecule has 1 unspecified atom stereocenters. The highest BCUT2D eigenvalue weighted by molar-refractivity contribution is 5.99. The van der Waals surface area contributed by atoms with Gasteiger partial charge in [-0.2, -0.15) is 0 Å². The number of ether oxygens (including phenoxy) is 2. The molecule has 0 heterocycles. The second-order valence-electron chi connectivity index (χ2n) is 5.66. The van der Waals surface area contributed by atoms with E-state index in [2.05, 4.69) is 5.32 Å². The second kappa shape index (κ2) is 9.36. The Morgan fingerprint density at radius 3 is 2.31 bits per heavy atom. The van der Waals surface area contributed by atoms with Crippen molar-refractivity contribution in [2.24, 2.45) is 5.92 Å². The van der Waals surface area contributed by atoms with E-state index in [1.54, 1.807) is 48.5 Å². The number of ketones is 1. The van der Waals surface area contributed by atoms with Crippen LogP contribution in [0.2, 0.25) is 0 Å². The van der Waals surface area contributed by atoms with E-state index in [1.807, 2.05) is 6.07 Å². The third kappa shape index (κ3) is 5.17. The van der Waals surface area contributed by atoms with E-state index in [1.165, 1.54) is 14.0 Å². The molecule has 2 aromatic rings. The largest absolute Gasteiger partial charge is 0.496 e. The molecule has 136 valence electrons. The van der Waals surface area contributed by atoms with Crippen molar-refractivity contribution < 1.29 is 23.9 Å². The van der Waals surface area contributed by atoms with E-state index < -0.39 is 11.9 Å². The maximum Gasteiger partial charge on any atom is 0.318 e. The van der Waals surface area contributed by atoms with Crippen molar-refractivity contribution in [2.45, 2.75) is 13.5 Å². The maximum absolute atomic E-state index is 12.3. The molecule has 2 aromatic carbocycles. The standard InChI is InChI=1S/C20H21NO5/c1-14(22)17(12-21-19(23)15-8-4-3-5-9-15)20(24)26-13-16-10-6-7-11-18(16)25-2/h3-11,17H,12-13H2,1-2H3,(H,21,23). The first-order valence-corrected chi connectivity index (χ1v) is 8.15. The van der Waals surface area contributed by atoms with E-state index in [-0.39, 0.29) is 24.8 Å². The Balaban J connectivity index is 1.95. The number of hydrogen-bond donors (Lipinski definition) is 1. The molecule has 0 saturated heterocycles. The lowest BCUT2D eigenvalue weighted by Crippen LogP contribution is -2.37. The normalized spacial score (nSPS) is 11.3. The molecule has 0 radical (unpaired) electrons. The Bertz CT molecular complexity index is 773. The Morgan fingerprint density at radius 1 is 1.00 bits per heavy atom. The molecule has 6 nitrogen and oxygen atoms in total. The van der Waals surface area contributed by atoms with Crippen LogP contribution in [0.15, 0.2) is 54.6 Å². The van der Waals surface area contributed by atoms with Crippen molar-refractivity contribution >= 4 is 17.7 Å². The van der Waals surface area contributed by atoms with Crippen molar-refractivity contribution in [1.29, 1.82) is 0 Å². The first kappa shape index (κ1) is 19.2. The number of carbonyl (C=O) groups is 3. The van der Waals surface area contributed by atoms with Gasteiger partial charge in [0.1, 0.15) is 24.1 Å². The Kier molecular flexibility index (Phi) is 6.91. The van der Waals surface area contributed by atoms with E-state index in [9.17, 15) is 14.4 Å². The average molecular weight is 355 g/mol. The van der Waals surface area contributed by atoms with Gasteiger partial charge in [0.05, 0.1) is 7.11 Å². The van der Waals surface area contributed by atoms with Crippen LogP contribution in [0.1, 0.15) is 22.8 Å². The summed E-state index contributed by atoms with van der Waals surface area (Å²) in [7, 11) is 1.53. The third-order valence-corrected chi connectivity index (χ3v) is 3.84. The first-order valence-electron chi connectivity index (χ1n) is 8.15. The minimum Gasteiger partial charge on any atom is -0.496 e. The number of amides is 1. The topological polar surface area (TPSA) is 81.7 Å². The number of para-hydroxylation sites is 1. The second-order valence-corrected chi connectivity index (χ2v) is 5.66. The Morgan fingerprint density at radius 2 is 1.65 bits per heavy atom. The van der Waals surface area contributed by atoms with Crippen molar-refractivity contribution in [1.82, 2.24) is 5.32 Å². The van der Waals surface area contributed by atoms with Gasteiger partial charge in [-0.25, -0.2) is 0 Å². The molecule has 0 aliphatic heterocycles. The molecule has 0 aliphatic rings. The van der Waals surface area contributed by atoms with Gasteiger partial charge in [0, 0.05) is 17.7 Å². The third-order valence-electron chi connectivity index (χ3n) is 3.84. The van der Waals surface area contributed by atoms with Crippen molar-refractivity contribution in [3.63, 3.8) is 0 Å². The van der Waals surface area contributed by atoms with E-state index in [0.717, 1.165) is 0 Å². The smallest absolute Gasteiger partial charge is 0.318 e. The Labute approximate surface area is 152 Å². The molecule has 0 fully saturated rings. The van der Waals surface area contributed by atoms with Gasteiger partial charge < -0.3 is 14.8 Å². The van der Waals surface area contributed by atoms with Gasteiger partial charge in [0.2, 0.25) is 0 Å². The fourth-order valence-corrected chi connectivity index (χ4v) is 2.35. The van der Waals surface area contributed by atoms with Crippen LogP contribution >= 0.6 is 0 Å². The highest BCUT2D eigenvalue weighted by atomic mass is 16.5. The van der Waals surface area contributed by atoms with Crippen LogP contribution in [-0.2, 0) is 20.9 Å². The van der Waals surface area contributed by atoms with Gasteiger partial charge in [-0.05, 0) is 25.1 Å². The van der Waals surface area contributed by atoms with Gasteiger partial charge >= 0.3 is 5.97 Å². The number of methoxy groups -OCH3 is 1. The summed E-state index contributed by atoms with van der Waals surface area (Å²) in [6, 6.07) is 15.7. The molecular weight excluding hydrogens is 334 g/mol. The highest BCUT2D eigenvalue weighted by Crippen LogP contribution is 2.18. The maximum atomic E-state index is 12.3. The number of hydrogen-bond acceptors (Lipinski definition) is 5. The highest BCUT2D eigenvalue weighted by Gasteiger charge is 2.26. The van der Waals surface area contributed by atoms with Gasteiger partial charge in [-0.1, -0.05) is 36.4 Å². The van der Waals surface area contributed by atoms with Crippen LogP contribution in [0.3, 0.4) is 0 Å². The summed E-state index contributed by atoms with van der Waals surface area (Å²) in [5.74, 6) is -1.87. The monoisotopic (exact) mass is 355 g/mol. The first-order chi connectivity index (χ1) is 12.5. The fraction of sp³-hybridized carbons (Fsp3) is 0.250. The molecule has 1 amide bonds. The predicted molar refractivity (Wildman–Crippen MR) is 95.7 cm³/mol. The molecule has 0 saturated carbocycles. The average Bonchev–Trinajstić information content (AvgIpc) is 2.67. The molecule has 6 heteroatoms. The molecule has 1 atom stereocenters. The number of rotatable bonds is 8. The summed E-state index contributed by atoms with van der Waals surface area (Å²) >= 11 is 0. The number of nitrogens with one attached hydrogen (secondary N) is 1. The minimum atomic E-state index is -1.06. The van der Waals surface area contributed by atoms with Crippen molar-refractivity contribution in [3.8, 4) is 5.75 Å². The number of carbonyl (C=O) groups excluding carboxylic acids is 3. The number of benzene rings is 2. The van der Waals surface area contributed by atoms with Gasteiger partial charge in [0.15, 0.2) is 0 Å². The Hall–Kier alpha value is -3.15.